The van der Waals surface area contributed by atoms with Gasteiger partial charge in [0, 0.05) is 0 Å². The maximum atomic E-state index is 5.24. The second kappa shape index (κ2) is 3.05. The molecule has 0 aromatic heterocycles. The lowest BCUT2D eigenvalue weighted by Gasteiger charge is -2.08. The number of hydrogen-bond acceptors (Lipinski definition) is 4. The molecule has 0 unspecified atom stereocenters. The van der Waals surface area contributed by atoms with Crippen molar-refractivity contribution in [2.75, 3.05) is 21.0 Å². The van der Waals surface area contributed by atoms with Crippen molar-refractivity contribution in [3.8, 4) is 23.0 Å². The van der Waals surface area contributed by atoms with Crippen LogP contribution in [0.15, 0.2) is 12.1 Å². The number of ether oxygens (including phenoxy) is 4. The van der Waals surface area contributed by atoms with E-state index in [9.17, 15) is 0 Å². The van der Waals surface area contributed by atoms with Crippen LogP contribution in [0.2, 0.25) is 0 Å². The molecular formula is C9H10O4. The van der Waals surface area contributed by atoms with Crippen LogP contribution in [-0.2, 0) is 0 Å². The highest BCUT2D eigenvalue weighted by Gasteiger charge is 2.21. The largest absolute Gasteiger partial charge is 0.493 e. The highest BCUT2D eigenvalue weighted by molar-refractivity contribution is 5.59. The predicted octanol–water partition coefficient (Wildman–Crippen LogP) is 1.43. The maximum absolute atomic E-state index is 5.24. The van der Waals surface area contributed by atoms with Crippen molar-refractivity contribution >= 4 is 0 Å². The summed E-state index contributed by atoms with van der Waals surface area (Å²) in [7, 11) is 3.15. The second-order valence-electron chi connectivity index (χ2n) is 2.53. The molecule has 0 amide bonds. The van der Waals surface area contributed by atoms with E-state index in [1.54, 1.807) is 26.4 Å². The maximum Gasteiger partial charge on any atom is 0.231 e. The van der Waals surface area contributed by atoms with E-state index in [0.29, 0.717) is 23.0 Å². The van der Waals surface area contributed by atoms with Gasteiger partial charge in [-0.3, -0.25) is 0 Å². The van der Waals surface area contributed by atoms with Crippen molar-refractivity contribution in [1.29, 1.82) is 0 Å². The Kier molecular flexibility index (Phi) is 1.88. The molecule has 1 aromatic carbocycles. The van der Waals surface area contributed by atoms with E-state index >= 15 is 0 Å². The molecule has 0 atom stereocenters. The summed E-state index contributed by atoms with van der Waals surface area (Å²) in [6, 6.07) is 3.58. The number of hydrogen-bond donors (Lipinski definition) is 0. The van der Waals surface area contributed by atoms with Crippen molar-refractivity contribution < 1.29 is 18.9 Å². The molecule has 0 aliphatic carbocycles. The summed E-state index contributed by atoms with van der Waals surface area (Å²) in [5, 5.41) is 0. The lowest BCUT2D eigenvalue weighted by Crippen LogP contribution is -1.94. The Morgan fingerprint density at radius 1 is 1.15 bits per heavy atom. The summed E-state index contributed by atoms with van der Waals surface area (Å²) < 4.78 is 20.7. The number of benzene rings is 1. The van der Waals surface area contributed by atoms with E-state index in [2.05, 4.69) is 0 Å². The third-order valence-corrected chi connectivity index (χ3v) is 1.88. The summed E-state index contributed by atoms with van der Waals surface area (Å²) in [6.07, 6.45) is 0. The average Bonchev–Trinajstić information content (AvgIpc) is 2.63. The number of methoxy groups -OCH3 is 2. The van der Waals surface area contributed by atoms with Gasteiger partial charge in [0.1, 0.15) is 0 Å². The Morgan fingerprint density at radius 2 is 2.00 bits per heavy atom. The topological polar surface area (TPSA) is 36.9 Å². The number of fused-ring (bicyclic) bond motifs is 1. The molecule has 13 heavy (non-hydrogen) atoms. The normalized spacial score (nSPS) is 12.8. The van der Waals surface area contributed by atoms with Gasteiger partial charge < -0.3 is 18.9 Å². The van der Waals surface area contributed by atoms with Gasteiger partial charge in [-0.2, -0.15) is 0 Å². The number of rotatable bonds is 2. The van der Waals surface area contributed by atoms with Crippen molar-refractivity contribution in [2.45, 2.75) is 0 Å². The van der Waals surface area contributed by atoms with Crippen molar-refractivity contribution in [3.05, 3.63) is 12.1 Å². The molecule has 4 nitrogen and oxygen atoms in total. The molecule has 1 aromatic rings. The van der Waals surface area contributed by atoms with E-state index in [1.165, 1.54) is 0 Å². The van der Waals surface area contributed by atoms with E-state index in [4.69, 9.17) is 18.9 Å². The minimum atomic E-state index is 0.235. The minimum absolute atomic E-state index is 0.235. The first kappa shape index (κ1) is 8.04. The Bertz CT molecular complexity index is 322. The monoisotopic (exact) mass is 182 g/mol. The van der Waals surface area contributed by atoms with Crippen LogP contribution in [-0.4, -0.2) is 21.0 Å². The standard InChI is InChI=1S/C9H10O4/c1-10-6-3-4-7-9(8(6)11-2)13-5-12-7/h3-4H,5H2,1-2H3. The first-order valence-corrected chi connectivity index (χ1v) is 3.87. The van der Waals surface area contributed by atoms with E-state index in [-0.39, 0.29) is 6.79 Å². The van der Waals surface area contributed by atoms with Crippen molar-refractivity contribution in [3.63, 3.8) is 0 Å². The molecule has 0 spiro atoms. The lowest BCUT2D eigenvalue weighted by atomic mass is 10.2. The second-order valence-corrected chi connectivity index (χ2v) is 2.53. The fraction of sp³-hybridized carbons (Fsp3) is 0.333. The first-order chi connectivity index (χ1) is 6.36. The Morgan fingerprint density at radius 3 is 2.69 bits per heavy atom. The molecule has 1 aliphatic heterocycles. The molecule has 1 aliphatic rings. The summed E-state index contributed by atoms with van der Waals surface area (Å²) in [4.78, 5) is 0. The van der Waals surface area contributed by atoms with Crippen LogP contribution in [0.3, 0.4) is 0 Å². The smallest absolute Gasteiger partial charge is 0.231 e. The third-order valence-electron chi connectivity index (χ3n) is 1.88. The van der Waals surface area contributed by atoms with Crippen molar-refractivity contribution in [2.24, 2.45) is 0 Å². The van der Waals surface area contributed by atoms with Crippen LogP contribution in [0.5, 0.6) is 23.0 Å². The summed E-state index contributed by atoms with van der Waals surface area (Å²) in [6.45, 7) is 0.235. The van der Waals surface area contributed by atoms with Gasteiger partial charge in [0.05, 0.1) is 14.2 Å². The van der Waals surface area contributed by atoms with Crippen LogP contribution < -0.4 is 18.9 Å². The molecule has 0 bridgehead atoms. The molecular weight excluding hydrogens is 172 g/mol. The molecule has 0 radical (unpaired) electrons. The molecule has 70 valence electrons. The first-order valence-electron chi connectivity index (χ1n) is 3.87. The van der Waals surface area contributed by atoms with E-state index in [0.717, 1.165) is 0 Å². The third kappa shape index (κ3) is 1.14. The summed E-state index contributed by atoms with van der Waals surface area (Å²) in [5.74, 6) is 2.53. The predicted molar refractivity (Wildman–Crippen MR) is 45.7 cm³/mol. The lowest BCUT2D eigenvalue weighted by molar-refractivity contribution is 0.170. The molecule has 0 saturated heterocycles. The average molecular weight is 182 g/mol. The SMILES string of the molecule is COc1ccc2c(c1OC)OCO2. The van der Waals surface area contributed by atoms with Crippen LogP contribution in [0.25, 0.3) is 0 Å². The minimum Gasteiger partial charge on any atom is -0.493 e. The van der Waals surface area contributed by atoms with Crippen LogP contribution >= 0.6 is 0 Å². The van der Waals surface area contributed by atoms with Gasteiger partial charge in [-0.1, -0.05) is 0 Å². The fourth-order valence-electron chi connectivity index (χ4n) is 1.28. The zero-order valence-electron chi connectivity index (χ0n) is 7.49. The van der Waals surface area contributed by atoms with Gasteiger partial charge in [-0.15, -0.1) is 0 Å². The molecule has 4 heteroatoms. The van der Waals surface area contributed by atoms with Gasteiger partial charge in [-0.25, -0.2) is 0 Å². The molecule has 0 saturated carbocycles. The Hall–Kier alpha value is -1.58. The van der Waals surface area contributed by atoms with Gasteiger partial charge >= 0.3 is 0 Å². The van der Waals surface area contributed by atoms with Gasteiger partial charge in [0.25, 0.3) is 0 Å². The molecule has 0 N–H and O–H groups in total. The molecule has 1 heterocycles. The Balaban J connectivity index is 2.53. The van der Waals surface area contributed by atoms with Gasteiger partial charge in [0.15, 0.2) is 11.5 Å². The zero-order chi connectivity index (χ0) is 9.26. The van der Waals surface area contributed by atoms with Crippen molar-refractivity contribution in [1.82, 2.24) is 0 Å². The van der Waals surface area contributed by atoms with E-state index in [1.807, 2.05) is 0 Å². The van der Waals surface area contributed by atoms with E-state index < -0.39 is 0 Å². The summed E-state index contributed by atoms with van der Waals surface area (Å²) in [5.41, 5.74) is 0. The molecule has 2 rings (SSSR count). The van der Waals surface area contributed by atoms with Gasteiger partial charge in [-0.05, 0) is 12.1 Å². The quantitative estimate of drug-likeness (QED) is 0.693. The van der Waals surface area contributed by atoms with Crippen LogP contribution in [0.1, 0.15) is 0 Å². The Labute approximate surface area is 76.0 Å². The summed E-state index contributed by atoms with van der Waals surface area (Å²) >= 11 is 0. The zero-order valence-corrected chi connectivity index (χ0v) is 7.49. The highest BCUT2D eigenvalue weighted by Crippen LogP contribution is 2.46. The van der Waals surface area contributed by atoms with Crippen LogP contribution in [0.4, 0.5) is 0 Å². The van der Waals surface area contributed by atoms with Gasteiger partial charge in [0.2, 0.25) is 18.3 Å². The fourth-order valence-corrected chi connectivity index (χ4v) is 1.28. The molecule has 0 fully saturated rings. The highest BCUT2D eigenvalue weighted by atomic mass is 16.7. The van der Waals surface area contributed by atoms with Crippen LogP contribution in [0, 0.1) is 0 Å².